The summed E-state index contributed by atoms with van der Waals surface area (Å²) in [6.07, 6.45) is 0.802. The van der Waals surface area contributed by atoms with Crippen LogP contribution in [0.15, 0.2) is 17.0 Å². The highest BCUT2D eigenvalue weighted by Crippen LogP contribution is 2.31. The zero-order valence-corrected chi connectivity index (χ0v) is 13.3. The average molecular weight is 335 g/mol. The molecule has 1 aliphatic heterocycles. The molecule has 0 radical (unpaired) electrons. The molecule has 1 aromatic carbocycles. The molecule has 2 N–H and O–H groups in total. The third kappa shape index (κ3) is 3.36. The highest BCUT2D eigenvalue weighted by atomic mass is 35.5. The Labute approximate surface area is 127 Å². The summed E-state index contributed by atoms with van der Waals surface area (Å²) in [5, 5.41) is 4.67. The third-order valence-electron chi connectivity index (χ3n) is 3.52. The highest BCUT2D eigenvalue weighted by molar-refractivity contribution is 7.89. The first-order chi connectivity index (χ1) is 9.51. The zero-order valence-electron chi connectivity index (χ0n) is 11.7. The Morgan fingerprint density at radius 1 is 1.43 bits per heavy atom. The van der Waals surface area contributed by atoms with Crippen LogP contribution in [0.25, 0.3) is 0 Å². The van der Waals surface area contributed by atoms with Gasteiger partial charge in [-0.1, -0.05) is 25.4 Å². The number of benzene rings is 1. The topological polar surface area (TPSA) is 80.5 Å². The van der Waals surface area contributed by atoms with E-state index in [2.05, 4.69) is 0 Å². The standard InChI is InChI=1S/C13H16ClFN2O3S/c1-13(2)3-4-17(7-13)12(18)8-5-11(21(16,19)20)9(14)6-10(8)15/h5-6H,3-4,7H2,1-2H3,(H2,16,19,20). The van der Waals surface area contributed by atoms with Gasteiger partial charge in [0.2, 0.25) is 10.0 Å². The van der Waals surface area contributed by atoms with Crippen LogP contribution in [0, 0.1) is 11.2 Å². The first-order valence-electron chi connectivity index (χ1n) is 6.32. The summed E-state index contributed by atoms with van der Waals surface area (Å²) >= 11 is 5.67. The Morgan fingerprint density at radius 3 is 2.52 bits per heavy atom. The van der Waals surface area contributed by atoms with E-state index in [0.29, 0.717) is 13.1 Å². The van der Waals surface area contributed by atoms with Crippen molar-refractivity contribution in [3.8, 4) is 0 Å². The van der Waals surface area contributed by atoms with Gasteiger partial charge in [-0.25, -0.2) is 17.9 Å². The van der Waals surface area contributed by atoms with Gasteiger partial charge in [-0.05, 0) is 24.0 Å². The molecule has 1 aliphatic rings. The van der Waals surface area contributed by atoms with Gasteiger partial charge in [0, 0.05) is 13.1 Å². The van der Waals surface area contributed by atoms with Crippen LogP contribution < -0.4 is 5.14 Å². The fourth-order valence-corrected chi connectivity index (χ4v) is 3.45. The summed E-state index contributed by atoms with van der Waals surface area (Å²) in [5.74, 6) is -1.42. The molecule has 1 fully saturated rings. The van der Waals surface area contributed by atoms with E-state index in [0.717, 1.165) is 18.6 Å². The molecule has 5 nitrogen and oxygen atoms in total. The number of hydrogen-bond donors (Lipinski definition) is 1. The number of likely N-dealkylation sites (tertiary alicyclic amines) is 1. The van der Waals surface area contributed by atoms with Gasteiger partial charge in [-0.2, -0.15) is 0 Å². The van der Waals surface area contributed by atoms with Gasteiger partial charge in [0.05, 0.1) is 10.6 Å². The summed E-state index contributed by atoms with van der Waals surface area (Å²) in [6.45, 7) is 5.00. The number of nitrogens with zero attached hydrogens (tertiary/aromatic N) is 1. The largest absolute Gasteiger partial charge is 0.338 e. The molecule has 0 spiro atoms. The predicted molar refractivity (Wildman–Crippen MR) is 77.1 cm³/mol. The number of halogens is 2. The van der Waals surface area contributed by atoms with Crippen molar-refractivity contribution in [2.75, 3.05) is 13.1 Å². The second kappa shape index (κ2) is 5.23. The molecule has 0 saturated carbocycles. The molecule has 0 bridgehead atoms. The lowest BCUT2D eigenvalue weighted by Crippen LogP contribution is -2.31. The monoisotopic (exact) mass is 334 g/mol. The van der Waals surface area contributed by atoms with Crippen LogP contribution >= 0.6 is 11.6 Å². The van der Waals surface area contributed by atoms with Gasteiger partial charge >= 0.3 is 0 Å². The van der Waals surface area contributed by atoms with E-state index in [-0.39, 0.29) is 16.0 Å². The minimum Gasteiger partial charge on any atom is -0.338 e. The van der Waals surface area contributed by atoms with Crippen molar-refractivity contribution >= 4 is 27.5 Å². The molecule has 2 rings (SSSR count). The summed E-state index contributed by atoms with van der Waals surface area (Å²) in [6, 6.07) is 1.70. The van der Waals surface area contributed by atoms with Crippen LogP contribution in [0.5, 0.6) is 0 Å². The van der Waals surface area contributed by atoms with Crippen molar-refractivity contribution < 1.29 is 17.6 Å². The third-order valence-corrected chi connectivity index (χ3v) is 4.90. The number of rotatable bonds is 2. The molecular weight excluding hydrogens is 319 g/mol. The number of amides is 1. The Morgan fingerprint density at radius 2 is 2.05 bits per heavy atom. The molecule has 1 aromatic rings. The van der Waals surface area contributed by atoms with Crippen LogP contribution in [0.3, 0.4) is 0 Å². The van der Waals surface area contributed by atoms with Crippen molar-refractivity contribution in [3.05, 3.63) is 28.5 Å². The number of carbonyl (C=O) groups excluding carboxylic acids is 1. The molecule has 0 aromatic heterocycles. The van der Waals surface area contributed by atoms with E-state index >= 15 is 0 Å². The maximum absolute atomic E-state index is 13.9. The first-order valence-corrected chi connectivity index (χ1v) is 8.25. The number of sulfonamides is 1. The molecule has 1 saturated heterocycles. The van der Waals surface area contributed by atoms with Gasteiger partial charge in [-0.15, -0.1) is 0 Å². The average Bonchev–Trinajstić information content (AvgIpc) is 2.67. The second-order valence-corrected chi connectivity index (χ2v) is 7.89. The zero-order chi connectivity index (χ0) is 16.0. The van der Waals surface area contributed by atoms with Crippen LogP contribution in [-0.4, -0.2) is 32.3 Å². The number of primary sulfonamides is 1. The smallest absolute Gasteiger partial charge is 0.256 e. The lowest BCUT2D eigenvalue weighted by molar-refractivity contribution is 0.0773. The van der Waals surface area contributed by atoms with E-state index in [9.17, 15) is 17.6 Å². The minimum atomic E-state index is -4.12. The van der Waals surface area contributed by atoms with Crippen molar-refractivity contribution in [2.24, 2.45) is 10.6 Å². The molecule has 8 heteroatoms. The first kappa shape index (κ1) is 16.2. The van der Waals surface area contributed by atoms with E-state index in [4.69, 9.17) is 16.7 Å². The normalized spacial score (nSPS) is 18.0. The fraction of sp³-hybridized carbons (Fsp3) is 0.462. The summed E-state index contributed by atoms with van der Waals surface area (Å²) in [4.78, 5) is 13.4. The van der Waals surface area contributed by atoms with Crippen LogP contribution in [-0.2, 0) is 10.0 Å². The molecule has 116 valence electrons. The van der Waals surface area contributed by atoms with Gasteiger partial charge < -0.3 is 4.90 Å². The summed E-state index contributed by atoms with van der Waals surface area (Å²) in [5.41, 5.74) is -0.373. The Balaban J connectivity index is 2.43. The molecule has 0 unspecified atom stereocenters. The van der Waals surface area contributed by atoms with Crippen molar-refractivity contribution in [2.45, 2.75) is 25.2 Å². The Kier molecular flexibility index (Phi) is 4.03. The summed E-state index contributed by atoms with van der Waals surface area (Å²) < 4.78 is 36.8. The molecule has 1 heterocycles. The second-order valence-electron chi connectivity index (χ2n) is 5.95. The maximum atomic E-state index is 13.9. The van der Waals surface area contributed by atoms with Crippen LogP contribution in [0.4, 0.5) is 4.39 Å². The van der Waals surface area contributed by atoms with Crippen LogP contribution in [0.1, 0.15) is 30.6 Å². The molecule has 0 atom stereocenters. The lowest BCUT2D eigenvalue weighted by atomic mass is 9.93. The highest BCUT2D eigenvalue weighted by Gasteiger charge is 2.34. The van der Waals surface area contributed by atoms with Crippen molar-refractivity contribution in [3.63, 3.8) is 0 Å². The molecular formula is C13H16ClFN2O3S. The van der Waals surface area contributed by atoms with E-state index in [1.165, 1.54) is 4.90 Å². The number of carbonyl (C=O) groups is 1. The fourth-order valence-electron chi connectivity index (χ4n) is 2.37. The maximum Gasteiger partial charge on any atom is 0.256 e. The quantitative estimate of drug-likeness (QED) is 0.898. The minimum absolute atomic E-state index is 0.0403. The van der Waals surface area contributed by atoms with Gasteiger partial charge in [0.25, 0.3) is 5.91 Å². The van der Waals surface area contributed by atoms with E-state index in [1.54, 1.807) is 0 Å². The lowest BCUT2D eigenvalue weighted by Gasteiger charge is -2.20. The van der Waals surface area contributed by atoms with Gasteiger partial charge in [0.1, 0.15) is 10.7 Å². The van der Waals surface area contributed by atoms with Crippen molar-refractivity contribution in [1.29, 1.82) is 0 Å². The van der Waals surface area contributed by atoms with E-state index in [1.807, 2.05) is 13.8 Å². The number of nitrogens with two attached hydrogens (primary N) is 1. The Bertz CT molecular complexity index is 704. The summed E-state index contributed by atoms with van der Waals surface area (Å²) in [7, 11) is -4.12. The Hall–Kier alpha value is -1.18. The van der Waals surface area contributed by atoms with Gasteiger partial charge in [-0.3, -0.25) is 4.79 Å². The predicted octanol–water partition coefficient (Wildman–Crippen LogP) is 2.00. The molecule has 21 heavy (non-hydrogen) atoms. The SMILES string of the molecule is CC1(C)CCN(C(=O)c2cc(S(N)(=O)=O)c(Cl)cc2F)C1. The van der Waals surface area contributed by atoms with Gasteiger partial charge in [0.15, 0.2) is 0 Å². The molecule has 1 amide bonds. The van der Waals surface area contributed by atoms with E-state index < -0.39 is 26.6 Å². The van der Waals surface area contributed by atoms with Crippen molar-refractivity contribution in [1.82, 2.24) is 4.90 Å². The number of hydrogen-bond acceptors (Lipinski definition) is 3. The molecule has 0 aliphatic carbocycles. The van der Waals surface area contributed by atoms with Crippen LogP contribution in [0.2, 0.25) is 5.02 Å².